The first-order valence-corrected chi connectivity index (χ1v) is 5.76. The third-order valence-electron chi connectivity index (χ3n) is 3.24. The second kappa shape index (κ2) is 3.27. The lowest BCUT2D eigenvalue weighted by molar-refractivity contribution is 0.492. The fraction of sp³-hybridized carbons (Fsp3) is 0.545. The molecule has 0 amide bonds. The fourth-order valence-electron chi connectivity index (χ4n) is 2.48. The summed E-state index contributed by atoms with van der Waals surface area (Å²) in [5.74, 6) is 0.929. The van der Waals surface area contributed by atoms with Crippen LogP contribution in [0.2, 0.25) is 0 Å². The summed E-state index contributed by atoms with van der Waals surface area (Å²) in [6.45, 7) is 4.25. The maximum Gasteiger partial charge on any atom is 0.167 e. The molecule has 2 aliphatic heterocycles. The van der Waals surface area contributed by atoms with Crippen molar-refractivity contribution in [2.75, 3.05) is 22.4 Å². The molecular weight excluding hydrogens is 210 g/mol. The molecule has 1 aromatic rings. The van der Waals surface area contributed by atoms with E-state index in [1.54, 1.807) is 0 Å². The van der Waals surface area contributed by atoms with E-state index in [1.807, 2.05) is 10.6 Å². The van der Waals surface area contributed by atoms with Crippen LogP contribution in [-0.2, 0) is 0 Å². The van der Waals surface area contributed by atoms with Gasteiger partial charge in [0.1, 0.15) is 0 Å². The van der Waals surface area contributed by atoms with Gasteiger partial charge in [-0.2, -0.15) is 0 Å². The minimum Gasteiger partial charge on any atom is -0.366 e. The first kappa shape index (κ1) is 9.28. The molecule has 1 fully saturated rings. The van der Waals surface area contributed by atoms with Crippen molar-refractivity contribution in [1.82, 2.24) is 4.98 Å². The lowest BCUT2D eigenvalue weighted by Gasteiger charge is -2.43. The van der Waals surface area contributed by atoms with Gasteiger partial charge >= 0.3 is 0 Å². The molecule has 0 spiro atoms. The van der Waals surface area contributed by atoms with E-state index in [2.05, 4.69) is 22.9 Å². The highest BCUT2D eigenvalue weighted by molar-refractivity contribution is 6.26. The van der Waals surface area contributed by atoms with Gasteiger partial charge in [0.2, 0.25) is 0 Å². The van der Waals surface area contributed by atoms with Crippen molar-refractivity contribution in [2.24, 2.45) is 0 Å². The van der Waals surface area contributed by atoms with E-state index >= 15 is 0 Å². The summed E-state index contributed by atoms with van der Waals surface area (Å²) in [6, 6.07) is 2.61. The molecule has 0 radical (unpaired) electrons. The predicted molar refractivity (Wildman–Crippen MR) is 62.5 cm³/mol. The van der Waals surface area contributed by atoms with Crippen LogP contribution in [0.3, 0.4) is 0 Å². The Balaban J connectivity index is 2.11. The van der Waals surface area contributed by atoms with E-state index in [9.17, 15) is 0 Å². The maximum atomic E-state index is 6.31. The molecule has 2 aliphatic rings. The summed E-state index contributed by atoms with van der Waals surface area (Å²) >= 11 is 6.31. The summed E-state index contributed by atoms with van der Waals surface area (Å²) in [6.07, 6.45) is 4.28. The van der Waals surface area contributed by atoms with Gasteiger partial charge < -0.3 is 4.90 Å². The Morgan fingerprint density at radius 1 is 1.53 bits per heavy atom. The van der Waals surface area contributed by atoms with Gasteiger partial charge in [0.25, 0.3) is 0 Å². The number of pyridine rings is 1. The van der Waals surface area contributed by atoms with Crippen LogP contribution >= 0.6 is 11.8 Å². The van der Waals surface area contributed by atoms with Crippen molar-refractivity contribution >= 4 is 23.3 Å². The van der Waals surface area contributed by atoms with E-state index in [0.717, 1.165) is 18.9 Å². The molecule has 3 heterocycles. The van der Waals surface area contributed by atoms with Crippen molar-refractivity contribution in [3.05, 3.63) is 17.8 Å². The quantitative estimate of drug-likeness (QED) is 0.630. The Hall–Kier alpha value is -0.960. The summed E-state index contributed by atoms with van der Waals surface area (Å²) in [5, 5.41) is 0. The van der Waals surface area contributed by atoms with Crippen LogP contribution in [0, 0.1) is 6.92 Å². The number of hydrogen-bond acceptors (Lipinski definition) is 3. The lowest BCUT2D eigenvalue weighted by Crippen LogP contribution is -2.49. The largest absolute Gasteiger partial charge is 0.366 e. The molecule has 3 rings (SSSR count). The highest BCUT2D eigenvalue weighted by Crippen LogP contribution is 2.38. The smallest absolute Gasteiger partial charge is 0.167 e. The molecule has 0 unspecified atom stereocenters. The zero-order valence-electron chi connectivity index (χ0n) is 8.78. The van der Waals surface area contributed by atoms with Gasteiger partial charge in [-0.3, -0.25) is 4.42 Å². The SMILES string of the molecule is Cc1cnc2c(c1)N1CCC[C@@H](C1)N2Cl. The number of rotatable bonds is 0. The number of aryl methyl sites for hydroxylation is 1. The number of fused-ring (bicyclic) bond motifs is 4. The first-order chi connectivity index (χ1) is 7.25. The molecule has 1 saturated heterocycles. The zero-order valence-corrected chi connectivity index (χ0v) is 9.54. The van der Waals surface area contributed by atoms with Gasteiger partial charge in [0.15, 0.2) is 5.82 Å². The maximum absolute atomic E-state index is 6.31. The average molecular weight is 224 g/mol. The molecule has 1 atom stereocenters. The summed E-state index contributed by atoms with van der Waals surface area (Å²) in [7, 11) is 0. The standard InChI is InChI=1S/C11H14ClN3/c1-8-5-10-11(13-6-8)15(12)9-3-2-4-14(10)7-9/h5-6,9H,2-4,7H2,1H3/t9-/m0/s1. The van der Waals surface area contributed by atoms with E-state index < -0.39 is 0 Å². The average Bonchev–Trinajstić information content (AvgIpc) is 2.27. The van der Waals surface area contributed by atoms with Gasteiger partial charge in [0.05, 0.1) is 11.7 Å². The molecule has 0 saturated carbocycles. The Morgan fingerprint density at radius 2 is 2.40 bits per heavy atom. The molecule has 2 bridgehead atoms. The number of hydrogen-bond donors (Lipinski definition) is 0. The van der Waals surface area contributed by atoms with Gasteiger partial charge in [-0.1, -0.05) is 0 Å². The highest BCUT2D eigenvalue weighted by atomic mass is 35.5. The highest BCUT2D eigenvalue weighted by Gasteiger charge is 2.33. The minimum absolute atomic E-state index is 0.433. The van der Waals surface area contributed by atoms with Crippen LogP contribution in [0.5, 0.6) is 0 Å². The Bertz CT molecular complexity index is 393. The van der Waals surface area contributed by atoms with Crippen LogP contribution in [0.25, 0.3) is 0 Å². The van der Waals surface area contributed by atoms with Crippen LogP contribution in [0.1, 0.15) is 18.4 Å². The molecule has 4 heteroatoms. The topological polar surface area (TPSA) is 19.4 Å². The monoisotopic (exact) mass is 223 g/mol. The van der Waals surface area contributed by atoms with Gasteiger partial charge in [-0.15, -0.1) is 0 Å². The molecule has 1 aromatic heterocycles. The lowest BCUT2D eigenvalue weighted by atomic mass is 10.0. The van der Waals surface area contributed by atoms with Crippen molar-refractivity contribution in [2.45, 2.75) is 25.8 Å². The molecule has 0 N–H and O–H groups in total. The summed E-state index contributed by atoms with van der Waals surface area (Å²) < 4.78 is 1.82. The van der Waals surface area contributed by atoms with Crippen LogP contribution < -0.4 is 9.32 Å². The van der Waals surface area contributed by atoms with Crippen LogP contribution in [0.15, 0.2) is 12.3 Å². The number of piperidine rings is 1. The summed E-state index contributed by atoms with van der Waals surface area (Å²) in [4.78, 5) is 6.84. The predicted octanol–water partition coefficient (Wildman–Crippen LogP) is 2.33. The zero-order chi connectivity index (χ0) is 10.4. The minimum atomic E-state index is 0.433. The molecule has 80 valence electrons. The van der Waals surface area contributed by atoms with Gasteiger partial charge in [-0.25, -0.2) is 4.98 Å². The summed E-state index contributed by atoms with van der Waals surface area (Å²) in [5.41, 5.74) is 2.39. The van der Waals surface area contributed by atoms with Gasteiger partial charge in [-0.05, 0) is 31.4 Å². The number of anilines is 2. The number of nitrogens with zero attached hydrogens (tertiary/aromatic N) is 3. The molecular formula is C11H14ClN3. The molecule has 0 aliphatic carbocycles. The number of aromatic nitrogens is 1. The van der Waals surface area contributed by atoms with E-state index in [0.29, 0.717) is 6.04 Å². The van der Waals surface area contributed by atoms with Crippen molar-refractivity contribution in [1.29, 1.82) is 0 Å². The Morgan fingerprint density at radius 3 is 3.27 bits per heavy atom. The van der Waals surface area contributed by atoms with Crippen molar-refractivity contribution < 1.29 is 0 Å². The van der Waals surface area contributed by atoms with E-state index in [1.165, 1.54) is 24.1 Å². The van der Waals surface area contributed by atoms with E-state index in [4.69, 9.17) is 11.8 Å². The molecule has 3 nitrogen and oxygen atoms in total. The Labute approximate surface area is 94.8 Å². The van der Waals surface area contributed by atoms with Crippen molar-refractivity contribution in [3.8, 4) is 0 Å². The number of halogens is 1. The molecule has 0 aromatic carbocycles. The van der Waals surface area contributed by atoms with Crippen LogP contribution in [0.4, 0.5) is 11.5 Å². The normalized spacial score (nSPS) is 24.0. The first-order valence-electron chi connectivity index (χ1n) is 5.42. The van der Waals surface area contributed by atoms with Gasteiger partial charge in [0, 0.05) is 31.1 Å². The van der Waals surface area contributed by atoms with Crippen molar-refractivity contribution in [3.63, 3.8) is 0 Å². The second-order valence-electron chi connectivity index (χ2n) is 4.41. The van der Waals surface area contributed by atoms with E-state index in [-0.39, 0.29) is 0 Å². The Kier molecular flexibility index (Phi) is 2.02. The van der Waals surface area contributed by atoms with Crippen LogP contribution in [-0.4, -0.2) is 24.1 Å². The third kappa shape index (κ3) is 1.37. The third-order valence-corrected chi connectivity index (χ3v) is 3.68. The second-order valence-corrected chi connectivity index (χ2v) is 4.77. The fourth-order valence-corrected chi connectivity index (χ4v) is 2.76. The molecule has 15 heavy (non-hydrogen) atoms.